The number of rotatable bonds is 3. The summed E-state index contributed by atoms with van der Waals surface area (Å²) in [6, 6.07) is 0. The van der Waals surface area contributed by atoms with E-state index in [9.17, 15) is 19.8 Å². The van der Waals surface area contributed by atoms with E-state index >= 15 is 0 Å². The molecular formula is C13H17N3O4. The van der Waals surface area contributed by atoms with Crippen molar-refractivity contribution in [2.45, 2.75) is 31.7 Å². The number of aromatic carboxylic acids is 1. The van der Waals surface area contributed by atoms with Crippen molar-refractivity contribution in [2.75, 3.05) is 13.1 Å². The van der Waals surface area contributed by atoms with E-state index in [-0.39, 0.29) is 11.6 Å². The first-order valence-electron chi connectivity index (χ1n) is 6.84. The standard InChI is InChI=1S/C13H17N3O4/c17-12(18)8-1-2-9-10(13(19)20)15-11(16(9)6-8)7-3-4-14-5-7/h7-8,14H,1-6H2,(H,17,18)(H,19,20). The minimum Gasteiger partial charge on any atom is -0.481 e. The van der Waals surface area contributed by atoms with Gasteiger partial charge in [0.05, 0.1) is 11.6 Å². The van der Waals surface area contributed by atoms with Crippen molar-refractivity contribution < 1.29 is 19.8 Å². The fraction of sp³-hybridized carbons (Fsp3) is 0.615. The average molecular weight is 279 g/mol. The molecule has 2 atom stereocenters. The molecular weight excluding hydrogens is 262 g/mol. The summed E-state index contributed by atoms with van der Waals surface area (Å²) in [4.78, 5) is 26.8. The van der Waals surface area contributed by atoms with Gasteiger partial charge in [-0.2, -0.15) is 0 Å². The zero-order valence-electron chi connectivity index (χ0n) is 11.0. The van der Waals surface area contributed by atoms with Crippen LogP contribution in [0.1, 0.15) is 40.8 Å². The molecule has 0 amide bonds. The minimum atomic E-state index is -1.03. The second kappa shape index (κ2) is 4.90. The summed E-state index contributed by atoms with van der Waals surface area (Å²) in [5.41, 5.74) is 0.771. The highest BCUT2D eigenvalue weighted by Crippen LogP contribution is 2.30. The molecule has 2 aliphatic heterocycles. The van der Waals surface area contributed by atoms with Crippen molar-refractivity contribution in [3.63, 3.8) is 0 Å². The molecule has 0 spiro atoms. The van der Waals surface area contributed by atoms with E-state index in [1.165, 1.54) is 0 Å². The van der Waals surface area contributed by atoms with E-state index in [1.54, 1.807) is 0 Å². The molecule has 0 saturated carbocycles. The van der Waals surface area contributed by atoms with Crippen LogP contribution >= 0.6 is 0 Å². The molecule has 3 heterocycles. The molecule has 1 aromatic rings. The first-order chi connectivity index (χ1) is 9.58. The van der Waals surface area contributed by atoms with Crippen LogP contribution in [0.15, 0.2) is 0 Å². The monoisotopic (exact) mass is 279 g/mol. The maximum Gasteiger partial charge on any atom is 0.356 e. The summed E-state index contributed by atoms with van der Waals surface area (Å²) in [7, 11) is 0. The van der Waals surface area contributed by atoms with Crippen LogP contribution in [0.2, 0.25) is 0 Å². The van der Waals surface area contributed by atoms with E-state index < -0.39 is 17.9 Å². The number of carboxylic acids is 2. The van der Waals surface area contributed by atoms with Crippen molar-refractivity contribution in [3.8, 4) is 0 Å². The molecule has 1 aromatic heterocycles. The number of nitrogens with one attached hydrogen (secondary N) is 1. The first-order valence-corrected chi connectivity index (χ1v) is 6.84. The Morgan fingerprint density at radius 1 is 1.30 bits per heavy atom. The topological polar surface area (TPSA) is 104 Å². The van der Waals surface area contributed by atoms with Gasteiger partial charge in [0.25, 0.3) is 0 Å². The molecule has 2 aliphatic rings. The predicted molar refractivity (Wildman–Crippen MR) is 68.9 cm³/mol. The van der Waals surface area contributed by atoms with Gasteiger partial charge in [0.2, 0.25) is 0 Å². The van der Waals surface area contributed by atoms with Gasteiger partial charge in [-0.15, -0.1) is 0 Å². The Bertz CT molecular complexity index is 560. The average Bonchev–Trinajstić information content (AvgIpc) is 3.04. The highest BCUT2D eigenvalue weighted by atomic mass is 16.4. The number of imidazole rings is 1. The molecule has 20 heavy (non-hydrogen) atoms. The minimum absolute atomic E-state index is 0.0933. The third kappa shape index (κ3) is 2.07. The lowest BCUT2D eigenvalue weighted by Crippen LogP contribution is -2.28. The van der Waals surface area contributed by atoms with Crippen LogP contribution in [0.5, 0.6) is 0 Å². The lowest BCUT2D eigenvalue weighted by molar-refractivity contribution is -0.142. The molecule has 2 unspecified atom stereocenters. The zero-order chi connectivity index (χ0) is 14.3. The van der Waals surface area contributed by atoms with Gasteiger partial charge in [-0.25, -0.2) is 9.78 Å². The Hall–Kier alpha value is -1.89. The number of hydrogen-bond donors (Lipinski definition) is 3. The van der Waals surface area contributed by atoms with Crippen LogP contribution in [0, 0.1) is 5.92 Å². The van der Waals surface area contributed by atoms with Gasteiger partial charge in [0, 0.05) is 19.0 Å². The number of aromatic nitrogens is 2. The van der Waals surface area contributed by atoms with E-state index in [2.05, 4.69) is 10.3 Å². The normalized spacial score (nSPS) is 25.4. The van der Waals surface area contributed by atoms with Gasteiger partial charge in [0.15, 0.2) is 5.69 Å². The quantitative estimate of drug-likeness (QED) is 0.735. The van der Waals surface area contributed by atoms with Crippen LogP contribution < -0.4 is 5.32 Å². The van der Waals surface area contributed by atoms with Crippen LogP contribution in [-0.2, 0) is 17.8 Å². The number of fused-ring (bicyclic) bond motifs is 1. The molecule has 0 radical (unpaired) electrons. The van der Waals surface area contributed by atoms with Crippen molar-refractivity contribution in [2.24, 2.45) is 5.92 Å². The smallest absolute Gasteiger partial charge is 0.356 e. The van der Waals surface area contributed by atoms with Crippen molar-refractivity contribution >= 4 is 11.9 Å². The van der Waals surface area contributed by atoms with Gasteiger partial charge in [0.1, 0.15) is 5.82 Å². The van der Waals surface area contributed by atoms with Gasteiger partial charge in [-0.05, 0) is 25.8 Å². The maximum absolute atomic E-state index is 11.3. The summed E-state index contributed by atoms with van der Waals surface area (Å²) < 4.78 is 1.84. The third-order valence-electron chi connectivity index (χ3n) is 4.21. The van der Waals surface area contributed by atoms with Crippen molar-refractivity contribution in [3.05, 3.63) is 17.2 Å². The molecule has 7 nitrogen and oxygen atoms in total. The highest BCUT2D eigenvalue weighted by Gasteiger charge is 2.33. The van der Waals surface area contributed by atoms with Gasteiger partial charge < -0.3 is 20.1 Å². The molecule has 0 aromatic carbocycles. The number of nitrogens with zero attached hydrogens (tertiary/aromatic N) is 2. The molecule has 0 bridgehead atoms. The van der Waals surface area contributed by atoms with Crippen molar-refractivity contribution in [1.29, 1.82) is 0 Å². The molecule has 0 aliphatic carbocycles. The van der Waals surface area contributed by atoms with Crippen LogP contribution in [0.4, 0.5) is 0 Å². The van der Waals surface area contributed by atoms with E-state index in [0.29, 0.717) is 25.1 Å². The molecule has 3 rings (SSSR count). The Labute approximate surface area is 115 Å². The van der Waals surface area contributed by atoms with E-state index in [0.717, 1.165) is 25.3 Å². The Morgan fingerprint density at radius 2 is 2.10 bits per heavy atom. The summed E-state index contributed by atoms with van der Waals surface area (Å²) in [6.45, 7) is 1.99. The number of hydrogen-bond acceptors (Lipinski definition) is 4. The second-order valence-corrected chi connectivity index (χ2v) is 5.44. The van der Waals surface area contributed by atoms with Gasteiger partial charge in [-0.3, -0.25) is 4.79 Å². The number of carbonyl (C=O) groups is 2. The molecule has 7 heteroatoms. The zero-order valence-corrected chi connectivity index (χ0v) is 11.0. The fourth-order valence-corrected chi connectivity index (χ4v) is 3.14. The van der Waals surface area contributed by atoms with Crippen LogP contribution in [-0.4, -0.2) is 44.8 Å². The predicted octanol–water partition coefficient (Wildman–Crippen LogP) is 0.305. The fourth-order valence-electron chi connectivity index (χ4n) is 3.14. The molecule has 1 saturated heterocycles. The largest absolute Gasteiger partial charge is 0.481 e. The summed E-state index contributed by atoms with van der Waals surface area (Å²) >= 11 is 0. The van der Waals surface area contributed by atoms with E-state index in [1.807, 2.05) is 4.57 Å². The maximum atomic E-state index is 11.3. The van der Waals surface area contributed by atoms with Gasteiger partial charge in [-0.1, -0.05) is 0 Å². The molecule has 3 N–H and O–H groups in total. The van der Waals surface area contributed by atoms with Crippen LogP contribution in [0.3, 0.4) is 0 Å². The summed E-state index contributed by atoms with van der Waals surface area (Å²) in [6.07, 6.45) is 1.85. The first kappa shape index (κ1) is 13.1. The second-order valence-electron chi connectivity index (χ2n) is 5.44. The number of carboxylic acid groups (broad SMARTS) is 2. The highest BCUT2D eigenvalue weighted by molar-refractivity contribution is 5.87. The SMILES string of the molecule is O=C(O)c1nc(C2CCNC2)n2c1CCC(C(=O)O)C2. The molecule has 1 fully saturated rings. The third-order valence-corrected chi connectivity index (χ3v) is 4.21. The van der Waals surface area contributed by atoms with Crippen molar-refractivity contribution in [1.82, 2.24) is 14.9 Å². The lowest BCUT2D eigenvalue weighted by atomic mass is 9.96. The Balaban J connectivity index is 2.02. The number of aliphatic carboxylic acids is 1. The Kier molecular flexibility index (Phi) is 3.21. The van der Waals surface area contributed by atoms with Crippen LogP contribution in [0.25, 0.3) is 0 Å². The molecule has 108 valence electrons. The lowest BCUT2D eigenvalue weighted by Gasteiger charge is -2.24. The summed E-state index contributed by atoms with van der Waals surface area (Å²) in [5.74, 6) is -1.40. The van der Waals surface area contributed by atoms with E-state index in [4.69, 9.17) is 0 Å². The van der Waals surface area contributed by atoms with Gasteiger partial charge >= 0.3 is 11.9 Å². The summed E-state index contributed by atoms with van der Waals surface area (Å²) in [5, 5.41) is 21.7. The Morgan fingerprint density at radius 3 is 2.70 bits per heavy atom.